The van der Waals surface area contributed by atoms with Crippen LogP contribution in [0.1, 0.15) is 31.0 Å². The molecule has 21 heavy (non-hydrogen) atoms. The third-order valence-electron chi connectivity index (χ3n) is 3.31. The van der Waals surface area contributed by atoms with Gasteiger partial charge in [0.15, 0.2) is 0 Å². The van der Waals surface area contributed by atoms with Gasteiger partial charge in [0.25, 0.3) is 0 Å². The highest BCUT2D eigenvalue weighted by atomic mass is 16.5. The van der Waals surface area contributed by atoms with E-state index < -0.39 is 0 Å². The first kappa shape index (κ1) is 15.4. The lowest BCUT2D eigenvalue weighted by Gasteiger charge is -2.22. The zero-order chi connectivity index (χ0) is 15.2. The molecule has 0 saturated carbocycles. The Morgan fingerprint density at radius 1 is 1.00 bits per heavy atom. The summed E-state index contributed by atoms with van der Waals surface area (Å²) in [4.78, 5) is 0. The fourth-order valence-electron chi connectivity index (χ4n) is 2.40. The first-order valence-corrected chi connectivity index (χ1v) is 7.22. The largest absolute Gasteiger partial charge is 0.497 e. The zero-order valence-corrected chi connectivity index (χ0v) is 13.1. The molecule has 2 rings (SSSR count). The first-order chi connectivity index (χ1) is 10.2. The quantitative estimate of drug-likeness (QED) is 0.876. The lowest BCUT2D eigenvalue weighted by Crippen LogP contribution is -2.19. The van der Waals surface area contributed by atoms with Gasteiger partial charge in [-0.05, 0) is 44.7 Å². The van der Waals surface area contributed by atoms with Crippen LogP contribution in [0, 0.1) is 0 Å². The van der Waals surface area contributed by atoms with E-state index in [1.165, 1.54) is 0 Å². The Kier molecular flexibility index (Phi) is 5.23. The molecular formula is C18H23NO2. The molecule has 2 aromatic rings. The van der Waals surface area contributed by atoms with Crippen molar-refractivity contribution >= 4 is 0 Å². The van der Waals surface area contributed by atoms with Crippen molar-refractivity contribution in [3.05, 3.63) is 59.7 Å². The number of methoxy groups -OCH3 is 1. The highest BCUT2D eigenvalue weighted by Crippen LogP contribution is 2.31. The monoisotopic (exact) mass is 285 g/mol. The maximum atomic E-state index is 5.93. The number of ether oxygens (including phenoxy) is 2. The summed E-state index contributed by atoms with van der Waals surface area (Å²) >= 11 is 0. The van der Waals surface area contributed by atoms with Crippen molar-refractivity contribution in [2.75, 3.05) is 14.2 Å². The van der Waals surface area contributed by atoms with E-state index in [9.17, 15) is 0 Å². The van der Waals surface area contributed by atoms with Gasteiger partial charge in [0.05, 0.1) is 19.3 Å². The number of benzene rings is 2. The predicted molar refractivity (Wildman–Crippen MR) is 86.1 cm³/mol. The second-order valence-corrected chi connectivity index (χ2v) is 5.20. The molecule has 0 saturated heterocycles. The number of para-hydroxylation sites is 1. The Morgan fingerprint density at radius 2 is 1.76 bits per heavy atom. The molecule has 1 atom stereocenters. The summed E-state index contributed by atoms with van der Waals surface area (Å²) < 4.78 is 11.3. The van der Waals surface area contributed by atoms with Crippen molar-refractivity contribution in [3.63, 3.8) is 0 Å². The van der Waals surface area contributed by atoms with E-state index in [0.29, 0.717) is 0 Å². The minimum Gasteiger partial charge on any atom is -0.497 e. The standard InChI is InChI=1S/C18H23NO2/c1-13(2)21-17-11-6-5-10-16(17)18(19-3)14-8-7-9-15(12-14)20-4/h5-13,18-19H,1-4H3. The topological polar surface area (TPSA) is 30.5 Å². The van der Waals surface area contributed by atoms with Gasteiger partial charge in [0, 0.05) is 5.56 Å². The summed E-state index contributed by atoms with van der Waals surface area (Å²) in [6.45, 7) is 4.08. The van der Waals surface area contributed by atoms with E-state index in [1.807, 2.05) is 57.3 Å². The zero-order valence-electron chi connectivity index (χ0n) is 13.1. The van der Waals surface area contributed by atoms with Crippen LogP contribution in [-0.2, 0) is 0 Å². The van der Waals surface area contributed by atoms with Gasteiger partial charge in [-0.25, -0.2) is 0 Å². The van der Waals surface area contributed by atoms with Crippen LogP contribution >= 0.6 is 0 Å². The number of rotatable bonds is 6. The number of nitrogens with one attached hydrogen (secondary N) is 1. The van der Waals surface area contributed by atoms with Crippen molar-refractivity contribution in [2.45, 2.75) is 26.0 Å². The second-order valence-electron chi connectivity index (χ2n) is 5.20. The van der Waals surface area contributed by atoms with Crippen molar-refractivity contribution in [1.29, 1.82) is 0 Å². The third-order valence-corrected chi connectivity index (χ3v) is 3.31. The van der Waals surface area contributed by atoms with Gasteiger partial charge in [0.1, 0.15) is 11.5 Å². The third kappa shape index (κ3) is 3.76. The maximum Gasteiger partial charge on any atom is 0.124 e. The van der Waals surface area contributed by atoms with Gasteiger partial charge in [-0.15, -0.1) is 0 Å². The van der Waals surface area contributed by atoms with Crippen LogP contribution in [0.5, 0.6) is 11.5 Å². The minimum absolute atomic E-state index is 0.0649. The highest BCUT2D eigenvalue weighted by molar-refractivity contribution is 5.43. The summed E-state index contributed by atoms with van der Waals surface area (Å²) in [5, 5.41) is 3.36. The number of hydrogen-bond acceptors (Lipinski definition) is 3. The molecular weight excluding hydrogens is 262 g/mol. The van der Waals surface area contributed by atoms with Gasteiger partial charge in [-0.3, -0.25) is 0 Å². The molecule has 0 aromatic heterocycles. The molecule has 1 N–H and O–H groups in total. The van der Waals surface area contributed by atoms with Crippen LogP contribution in [0.25, 0.3) is 0 Å². The van der Waals surface area contributed by atoms with E-state index >= 15 is 0 Å². The van der Waals surface area contributed by atoms with E-state index in [4.69, 9.17) is 9.47 Å². The van der Waals surface area contributed by atoms with E-state index in [-0.39, 0.29) is 12.1 Å². The molecule has 0 bridgehead atoms. The Labute approximate surface area is 126 Å². The van der Waals surface area contributed by atoms with Crippen molar-refractivity contribution in [3.8, 4) is 11.5 Å². The lowest BCUT2D eigenvalue weighted by atomic mass is 9.97. The van der Waals surface area contributed by atoms with Gasteiger partial charge < -0.3 is 14.8 Å². The predicted octanol–water partition coefficient (Wildman–Crippen LogP) is 3.79. The molecule has 0 heterocycles. The van der Waals surface area contributed by atoms with Crippen LogP contribution in [0.4, 0.5) is 0 Å². The fraction of sp³-hybridized carbons (Fsp3) is 0.333. The Balaban J connectivity index is 2.41. The summed E-state index contributed by atoms with van der Waals surface area (Å²) in [5.74, 6) is 1.77. The molecule has 0 fully saturated rings. The summed E-state index contributed by atoms with van der Waals surface area (Å²) in [7, 11) is 3.64. The molecule has 112 valence electrons. The average molecular weight is 285 g/mol. The van der Waals surface area contributed by atoms with E-state index in [2.05, 4.69) is 17.4 Å². The van der Waals surface area contributed by atoms with Crippen molar-refractivity contribution in [1.82, 2.24) is 5.32 Å². The van der Waals surface area contributed by atoms with Crippen LogP contribution in [0.15, 0.2) is 48.5 Å². The van der Waals surface area contributed by atoms with Crippen LogP contribution in [0.2, 0.25) is 0 Å². The molecule has 3 heteroatoms. The Morgan fingerprint density at radius 3 is 2.43 bits per heavy atom. The summed E-state index contributed by atoms with van der Waals surface area (Å²) in [5.41, 5.74) is 2.28. The smallest absolute Gasteiger partial charge is 0.124 e. The summed E-state index contributed by atoms with van der Waals surface area (Å²) in [6, 6.07) is 16.3. The van der Waals surface area contributed by atoms with Gasteiger partial charge >= 0.3 is 0 Å². The molecule has 0 aliphatic heterocycles. The summed E-state index contributed by atoms with van der Waals surface area (Å²) in [6.07, 6.45) is 0.147. The molecule has 0 amide bonds. The van der Waals surface area contributed by atoms with Crippen LogP contribution < -0.4 is 14.8 Å². The van der Waals surface area contributed by atoms with Crippen molar-refractivity contribution < 1.29 is 9.47 Å². The fourth-order valence-corrected chi connectivity index (χ4v) is 2.40. The molecule has 1 unspecified atom stereocenters. The Hall–Kier alpha value is -2.00. The van der Waals surface area contributed by atoms with E-state index in [1.54, 1.807) is 7.11 Å². The lowest BCUT2D eigenvalue weighted by molar-refractivity contribution is 0.238. The van der Waals surface area contributed by atoms with Crippen LogP contribution in [-0.4, -0.2) is 20.3 Å². The molecule has 0 aliphatic rings. The van der Waals surface area contributed by atoms with Gasteiger partial charge in [-0.1, -0.05) is 30.3 Å². The minimum atomic E-state index is 0.0649. The van der Waals surface area contributed by atoms with Gasteiger partial charge in [-0.2, -0.15) is 0 Å². The maximum absolute atomic E-state index is 5.93. The van der Waals surface area contributed by atoms with Crippen LogP contribution in [0.3, 0.4) is 0 Å². The second kappa shape index (κ2) is 7.14. The molecule has 0 radical (unpaired) electrons. The molecule has 3 nitrogen and oxygen atoms in total. The molecule has 0 aliphatic carbocycles. The molecule has 2 aromatic carbocycles. The molecule has 0 spiro atoms. The van der Waals surface area contributed by atoms with Gasteiger partial charge in [0.2, 0.25) is 0 Å². The van der Waals surface area contributed by atoms with E-state index in [0.717, 1.165) is 22.6 Å². The normalized spacial score (nSPS) is 12.2. The first-order valence-electron chi connectivity index (χ1n) is 7.22. The average Bonchev–Trinajstić information content (AvgIpc) is 2.49. The Bertz CT molecular complexity index is 581. The SMILES string of the molecule is CNC(c1cccc(OC)c1)c1ccccc1OC(C)C. The number of hydrogen-bond donors (Lipinski definition) is 1. The highest BCUT2D eigenvalue weighted by Gasteiger charge is 2.17. The van der Waals surface area contributed by atoms with Crippen molar-refractivity contribution in [2.24, 2.45) is 0 Å².